The van der Waals surface area contributed by atoms with E-state index in [1.54, 1.807) is 12.1 Å². The maximum Gasteiger partial charge on any atom is 0.319 e. The van der Waals surface area contributed by atoms with Crippen LogP contribution in [0.15, 0.2) is 18.2 Å². The lowest BCUT2D eigenvalue weighted by Gasteiger charge is -2.38. The molecule has 0 bridgehead atoms. The molecule has 0 amide bonds. The number of hydrogen-bond donors (Lipinski definition) is 1. The lowest BCUT2D eigenvalue weighted by molar-refractivity contribution is 0.00673. The zero-order chi connectivity index (χ0) is 30.6. The van der Waals surface area contributed by atoms with Gasteiger partial charge in [0.2, 0.25) is 0 Å². The predicted molar refractivity (Wildman–Crippen MR) is 175 cm³/mol. The number of rotatable bonds is 5. The van der Waals surface area contributed by atoms with E-state index < -0.39 is 23.3 Å². The Hall–Kier alpha value is -2.62. The molecule has 1 aliphatic carbocycles. The van der Waals surface area contributed by atoms with E-state index in [2.05, 4.69) is 32.4 Å². The van der Waals surface area contributed by atoms with Gasteiger partial charge in [-0.15, -0.1) is 11.3 Å². The van der Waals surface area contributed by atoms with Crippen LogP contribution in [0.5, 0.6) is 11.8 Å². The number of alkyl halides is 1. The third-order valence-corrected chi connectivity index (χ3v) is 12.2. The number of thiophene rings is 1. The van der Waals surface area contributed by atoms with E-state index in [1.165, 1.54) is 6.07 Å². The molecule has 0 radical (unpaired) electrons. The van der Waals surface area contributed by atoms with Crippen molar-refractivity contribution >= 4 is 65.7 Å². The predicted octanol–water partition coefficient (Wildman–Crippen LogP) is 6.45. The molecular formula is C32H31F3IN5O3S. The van der Waals surface area contributed by atoms with Gasteiger partial charge in [-0.1, -0.05) is 6.07 Å². The maximum atomic E-state index is 17.2. The standard InChI is InChI=1S/C32H31F3IN5O3S/c33-15-11-32(7-1-8-40(32)12-15)14-43-31-38-27-24-28(44-21-6-9-42-13-20(21)41(16-2-3-16)30(24)39-31)26(36)23(25(27)35)17-4-5-19(34)29-18(17)10-22(37)45-29/h4-5,10,15-16,20-21H,1-3,6-9,11-14,37H2/t15-,20?,21?,32+/m1/s1. The molecule has 4 atom stereocenters. The number of halogens is 4. The van der Waals surface area contributed by atoms with Gasteiger partial charge in [0, 0.05) is 36.4 Å². The molecule has 8 nitrogen and oxygen atoms in total. The largest absolute Gasteiger partial charge is 0.486 e. The number of nitrogen functional groups attached to an aromatic ring is 1. The Labute approximate surface area is 275 Å². The van der Waals surface area contributed by atoms with Crippen molar-refractivity contribution in [3.63, 3.8) is 0 Å². The number of benzene rings is 2. The molecule has 2 aromatic carbocycles. The lowest BCUT2D eigenvalue weighted by atomic mass is 9.95. The zero-order valence-electron chi connectivity index (χ0n) is 24.3. The Balaban J connectivity index is 1.26. The Morgan fingerprint density at radius 3 is 2.91 bits per heavy atom. The first-order valence-electron chi connectivity index (χ1n) is 15.6. The van der Waals surface area contributed by atoms with Gasteiger partial charge in [0.15, 0.2) is 5.82 Å². The summed E-state index contributed by atoms with van der Waals surface area (Å²) in [6.07, 6.45) is 3.77. The van der Waals surface area contributed by atoms with E-state index in [0.29, 0.717) is 73.8 Å². The van der Waals surface area contributed by atoms with Gasteiger partial charge in [-0.05, 0) is 72.5 Å². The van der Waals surface area contributed by atoms with Gasteiger partial charge >= 0.3 is 6.01 Å². The summed E-state index contributed by atoms with van der Waals surface area (Å²) in [7, 11) is 0. The molecule has 13 heteroatoms. The van der Waals surface area contributed by atoms with E-state index in [-0.39, 0.29) is 41.9 Å². The molecule has 236 valence electrons. The second kappa shape index (κ2) is 10.4. The Kier molecular flexibility index (Phi) is 6.63. The van der Waals surface area contributed by atoms with Gasteiger partial charge in [-0.25, -0.2) is 13.2 Å². The van der Waals surface area contributed by atoms with Crippen molar-refractivity contribution in [1.29, 1.82) is 0 Å². The minimum atomic E-state index is -0.898. The first-order chi connectivity index (χ1) is 21.8. The molecule has 2 aromatic heterocycles. The monoisotopic (exact) mass is 749 g/mol. The van der Waals surface area contributed by atoms with E-state index in [9.17, 15) is 8.78 Å². The van der Waals surface area contributed by atoms with Crippen LogP contribution in [0, 0.1) is 15.2 Å². The quantitative estimate of drug-likeness (QED) is 0.233. The molecule has 45 heavy (non-hydrogen) atoms. The minimum absolute atomic E-state index is 0.0582. The minimum Gasteiger partial charge on any atom is -0.486 e. The Morgan fingerprint density at radius 2 is 2.07 bits per heavy atom. The summed E-state index contributed by atoms with van der Waals surface area (Å²) in [4.78, 5) is 14.1. The lowest BCUT2D eigenvalue weighted by Crippen LogP contribution is -2.52. The van der Waals surface area contributed by atoms with Crippen LogP contribution in [-0.2, 0) is 4.74 Å². The number of anilines is 2. The average Bonchev–Trinajstić information content (AvgIpc) is 3.58. The van der Waals surface area contributed by atoms with Crippen LogP contribution in [0.3, 0.4) is 0 Å². The van der Waals surface area contributed by atoms with Gasteiger partial charge in [0.25, 0.3) is 0 Å². The highest BCUT2D eigenvalue weighted by Crippen LogP contribution is 2.51. The third-order valence-electron chi connectivity index (χ3n) is 10.2. The molecule has 5 aliphatic rings. The number of aromatic nitrogens is 2. The van der Waals surface area contributed by atoms with E-state index >= 15 is 4.39 Å². The van der Waals surface area contributed by atoms with E-state index in [4.69, 9.17) is 29.9 Å². The molecule has 0 spiro atoms. The highest BCUT2D eigenvalue weighted by Gasteiger charge is 2.50. The van der Waals surface area contributed by atoms with Crippen LogP contribution in [0.1, 0.15) is 38.5 Å². The molecule has 6 heterocycles. The number of nitrogens with zero attached hydrogens (tertiary/aromatic N) is 4. The molecule has 4 aromatic rings. The van der Waals surface area contributed by atoms with Gasteiger partial charge < -0.3 is 24.8 Å². The SMILES string of the molecule is Nc1cc2c(-c3c(I)c4c5c(nc(OC[C@@]67CCCN6C[C@H](F)C7)nc5c3F)N(C3CC3)C3COCCC3O4)ccc(F)c2s1. The number of fused-ring (bicyclic) bond motifs is 3. The smallest absolute Gasteiger partial charge is 0.319 e. The number of nitrogens with two attached hydrogens (primary N) is 1. The summed E-state index contributed by atoms with van der Waals surface area (Å²) in [5, 5.41) is 1.48. The summed E-state index contributed by atoms with van der Waals surface area (Å²) < 4.78 is 66.6. The van der Waals surface area contributed by atoms with Gasteiger partial charge in [-0.2, -0.15) is 9.97 Å². The fourth-order valence-electron chi connectivity index (χ4n) is 8.01. The van der Waals surface area contributed by atoms with Crippen molar-refractivity contribution in [3.8, 4) is 22.9 Å². The second-order valence-corrected chi connectivity index (χ2v) is 15.1. The summed E-state index contributed by atoms with van der Waals surface area (Å²) in [5.74, 6) is 0.124. The summed E-state index contributed by atoms with van der Waals surface area (Å²) >= 11 is 3.28. The second-order valence-electron chi connectivity index (χ2n) is 13.0. The third kappa shape index (κ3) is 4.43. The fraction of sp³-hybridized carbons (Fsp3) is 0.500. The van der Waals surface area contributed by atoms with Crippen LogP contribution in [0.2, 0.25) is 0 Å². The van der Waals surface area contributed by atoms with Crippen LogP contribution in [-0.4, -0.2) is 77.7 Å². The molecule has 9 rings (SSSR count). The van der Waals surface area contributed by atoms with Crippen LogP contribution < -0.4 is 20.1 Å². The van der Waals surface area contributed by atoms with Crippen molar-refractivity contribution in [3.05, 3.63) is 33.4 Å². The van der Waals surface area contributed by atoms with Gasteiger partial charge in [0.05, 0.1) is 43.5 Å². The molecule has 2 unspecified atom stereocenters. The van der Waals surface area contributed by atoms with Crippen LogP contribution in [0.25, 0.3) is 32.1 Å². The molecule has 4 aliphatic heterocycles. The molecule has 4 fully saturated rings. The zero-order valence-corrected chi connectivity index (χ0v) is 27.3. The fourth-order valence-corrected chi connectivity index (χ4v) is 9.79. The number of hydrogen-bond acceptors (Lipinski definition) is 9. The van der Waals surface area contributed by atoms with E-state index in [0.717, 1.165) is 43.6 Å². The molecule has 1 saturated carbocycles. The van der Waals surface area contributed by atoms with Crippen molar-refractivity contribution in [1.82, 2.24) is 14.9 Å². The number of ether oxygens (including phenoxy) is 3. The van der Waals surface area contributed by atoms with Crippen LogP contribution in [0.4, 0.5) is 24.0 Å². The van der Waals surface area contributed by atoms with Crippen molar-refractivity contribution in [2.45, 2.75) is 68.4 Å². The Bertz CT molecular complexity index is 1870. The normalized spacial score (nSPS) is 27.9. The Morgan fingerprint density at radius 1 is 1.20 bits per heavy atom. The van der Waals surface area contributed by atoms with Crippen molar-refractivity contribution in [2.24, 2.45) is 0 Å². The molecular weight excluding hydrogens is 718 g/mol. The first kappa shape index (κ1) is 28.6. The van der Waals surface area contributed by atoms with Crippen molar-refractivity contribution < 1.29 is 27.4 Å². The van der Waals surface area contributed by atoms with Crippen LogP contribution >= 0.6 is 33.9 Å². The average molecular weight is 750 g/mol. The van der Waals surface area contributed by atoms with Gasteiger partial charge in [-0.3, -0.25) is 4.90 Å². The highest BCUT2D eigenvalue weighted by atomic mass is 127. The first-order valence-corrected chi connectivity index (χ1v) is 17.5. The van der Waals surface area contributed by atoms with Gasteiger partial charge in [0.1, 0.15) is 41.8 Å². The highest BCUT2D eigenvalue weighted by molar-refractivity contribution is 14.1. The summed E-state index contributed by atoms with van der Waals surface area (Å²) in [6, 6.07) is 4.79. The molecule has 2 N–H and O–H groups in total. The maximum absolute atomic E-state index is 17.2. The topological polar surface area (TPSA) is 86.0 Å². The summed E-state index contributed by atoms with van der Waals surface area (Å²) in [6.45, 7) is 2.49. The summed E-state index contributed by atoms with van der Waals surface area (Å²) in [5.41, 5.74) is 6.56. The van der Waals surface area contributed by atoms with Crippen molar-refractivity contribution in [2.75, 3.05) is 43.5 Å². The van der Waals surface area contributed by atoms with E-state index in [1.807, 2.05) is 0 Å². The molecule has 3 saturated heterocycles.